The van der Waals surface area contributed by atoms with E-state index in [0.717, 1.165) is 5.39 Å². The minimum atomic E-state index is -0.641. The highest BCUT2D eigenvalue weighted by Gasteiger charge is 2.17. The molecule has 0 spiro atoms. The Labute approximate surface area is 126 Å². The van der Waals surface area contributed by atoms with E-state index in [4.69, 9.17) is 0 Å². The van der Waals surface area contributed by atoms with E-state index in [-0.39, 0.29) is 11.5 Å². The first-order chi connectivity index (χ1) is 10.7. The zero-order valence-corrected chi connectivity index (χ0v) is 11.9. The number of carbonyl (C=O) groups excluding carboxylic acids is 1. The van der Waals surface area contributed by atoms with Crippen molar-refractivity contribution in [2.45, 2.75) is 13.0 Å². The fourth-order valence-electron chi connectivity index (χ4n) is 2.25. The lowest BCUT2D eigenvalue weighted by Crippen LogP contribution is -2.31. The SMILES string of the molecule is CC(C(=O)Nc1cncnc1)n1ccc2ccccc2c1=O. The van der Waals surface area contributed by atoms with Crippen LogP contribution in [0.2, 0.25) is 0 Å². The number of amides is 1. The Hall–Kier alpha value is -3.02. The first-order valence-electron chi connectivity index (χ1n) is 6.82. The predicted octanol–water partition coefficient (Wildman–Crippen LogP) is 1.99. The average Bonchev–Trinajstić information content (AvgIpc) is 2.56. The summed E-state index contributed by atoms with van der Waals surface area (Å²) in [5.41, 5.74) is 0.304. The molecule has 3 rings (SSSR count). The van der Waals surface area contributed by atoms with Crippen molar-refractivity contribution in [2.75, 3.05) is 5.32 Å². The van der Waals surface area contributed by atoms with E-state index >= 15 is 0 Å². The first kappa shape index (κ1) is 13.9. The van der Waals surface area contributed by atoms with Crippen LogP contribution in [0.4, 0.5) is 5.69 Å². The molecular formula is C16H14N4O2. The lowest BCUT2D eigenvalue weighted by atomic mass is 10.1. The highest BCUT2D eigenvalue weighted by Crippen LogP contribution is 2.12. The van der Waals surface area contributed by atoms with Crippen LogP contribution in [-0.4, -0.2) is 20.4 Å². The van der Waals surface area contributed by atoms with Gasteiger partial charge in [0.2, 0.25) is 5.91 Å². The molecule has 0 radical (unpaired) electrons. The lowest BCUT2D eigenvalue weighted by Gasteiger charge is -2.15. The number of nitrogens with zero attached hydrogens (tertiary/aromatic N) is 3. The van der Waals surface area contributed by atoms with Crippen LogP contribution in [0.5, 0.6) is 0 Å². The van der Waals surface area contributed by atoms with Gasteiger partial charge in [0.25, 0.3) is 5.56 Å². The van der Waals surface area contributed by atoms with Crippen molar-refractivity contribution in [2.24, 2.45) is 0 Å². The van der Waals surface area contributed by atoms with E-state index in [9.17, 15) is 9.59 Å². The first-order valence-corrected chi connectivity index (χ1v) is 6.82. The van der Waals surface area contributed by atoms with Crippen molar-refractivity contribution in [3.8, 4) is 0 Å². The molecule has 110 valence electrons. The number of hydrogen-bond acceptors (Lipinski definition) is 4. The summed E-state index contributed by atoms with van der Waals surface area (Å²) in [5.74, 6) is -0.299. The predicted molar refractivity (Wildman–Crippen MR) is 83.6 cm³/mol. The molecule has 0 aliphatic rings. The zero-order valence-electron chi connectivity index (χ0n) is 11.9. The highest BCUT2D eigenvalue weighted by atomic mass is 16.2. The van der Waals surface area contributed by atoms with Gasteiger partial charge in [0.15, 0.2) is 0 Å². The second-order valence-corrected chi connectivity index (χ2v) is 4.91. The van der Waals surface area contributed by atoms with Gasteiger partial charge in [0.1, 0.15) is 12.4 Å². The van der Waals surface area contributed by atoms with Crippen LogP contribution in [0.1, 0.15) is 13.0 Å². The fourth-order valence-corrected chi connectivity index (χ4v) is 2.25. The number of benzene rings is 1. The van der Waals surface area contributed by atoms with E-state index in [1.54, 1.807) is 25.3 Å². The Balaban J connectivity index is 1.92. The van der Waals surface area contributed by atoms with E-state index in [1.165, 1.54) is 23.3 Å². The molecule has 22 heavy (non-hydrogen) atoms. The highest BCUT2D eigenvalue weighted by molar-refractivity contribution is 5.93. The molecule has 1 atom stereocenters. The third kappa shape index (κ3) is 2.58. The van der Waals surface area contributed by atoms with E-state index in [0.29, 0.717) is 11.1 Å². The standard InChI is InChI=1S/C16H14N4O2/c1-11(15(21)19-13-8-17-10-18-9-13)20-7-6-12-4-2-3-5-14(12)16(20)22/h2-11H,1H3,(H,19,21). The molecule has 1 amide bonds. The zero-order chi connectivity index (χ0) is 15.5. The van der Waals surface area contributed by atoms with Crippen molar-refractivity contribution in [1.29, 1.82) is 0 Å². The van der Waals surface area contributed by atoms with Crippen molar-refractivity contribution < 1.29 is 4.79 Å². The maximum Gasteiger partial charge on any atom is 0.259 e. The molecule has 1 N–H and O–H groups in total. The lowest BCUT2D eigenvalue weighted by molar-refractivity contribution is -0.118. The number of rotatable bonds is 3. The Morgan fingerprint density at radius 1 is 1.18 bits per heavy atom. The smallest absolute Gasteiger partial charge is 0.259 e. The number of pyridine rings is 1. The number of hydrogen-bond donors (Lipinski definition) is 1. The number of fused-ring (bicyclic) bond motifs is 1. The Bertz CT molecular complexity index is 874. The molecule has 1 aromatic carbocycles. The summed E-state index contributed by atoms with van der Waals surface area (Å²) in [6.45, 7) is 1.68. The molecule has 0 fully saturated rings. The van der Waals surface area contributed by atoms with E-state index < -0.39 is 6.04 Å². The summed E-state index contributed by atoms with van der Waals surface area (Å²) >= 11 is 0. The van der Waals surface area contributed by atoms with Gasteiger partial charge < -0.3 is 9.88 Å². The summed E-state index contributed by atoms with van der Waals surface area (Å²) in [4.78, 5) is 32.4. The van der Waals surface area contributed by atoms with Crippen LogP contribution in [0, 0.1) is 0 Å². The number of nitrogens with one attached hydrogen (secondary N) is 1. The Morgan fingerprint density at radius 2 is 1.91 bits per heavy atom. The maximum atomic E-state index is 12.5. The summed E-state index contributed by atoms with van der Waals surface area (Å²) in [5, 5.41) is 4.14. The minimum absolute atomic E-state index is 0.190. The Kier molecular flexibility index (Phi) is 3.65. The third-order valence-electron chi connectivity index (χ3n) is 3.47. The van der Waals surface area contributed by atoms with Gasteiger partial charge in [-0.15, -0.1) is 0 Å². The van der Waals surface area contributed by atoms with Crippen LogP contribution < -0.4 is 10.9 Å². The van der Waals surface area contributed by atoms with Crippen LogP contribution in [0.25, 0.3) is 10.8 Å². The Morgan fingerprint density at radius 3 is 2.68 bits per heavy atom. The summed E-state index contributed by atoms with van der Waals surface area (Å²) in [6.07, 6.45) is 6.02. The van der Waals surface area contributed by atoms with Gasteiger partial charge >= 0.3 is 0 Å². The molecule has 0 aliphatic heterocycles. The average molecular weight is 294 g/mol. The van der Waals surface area contributed by atoms with Crippen molar-refractivity contribution in [3.63, 3.8) is 0 Å². The summed E-state index contributed by atoms with van der Waals surface area (Å²) < 4.78 is 1.42. The monoisotopic (exact) mass is 294 g/mol. The molecule has 0 bridgehead atoms. The van der Waals surface area contributed by atoms with Gasteiger partial charge in [-0.3, -0.25) is 9.59 Å². The van der Waals surface area contributed by atoms with E-state index in [2.05, 4.69) is 15.3 Å². The van der Waals surface area contributed by atoms with Gasteiger partial charge in [-0.25, -0.2) is 9.97 Å². The maximum absolute atomic E-state index is 12.5. The van der Waals surface area contributed by atoms with Crippen molar-refractivity contribution >= 4 is 22.4 Å². The minimum Gasteiger partial charge on any atom is -0.322 e. The topological polar surface area (TPSA) is 76.9 Å². The molecule has 6 nitrogen and oxygen atoms in total. The number of anilines is 1. The number of aromatic nitrogens is 3. The van der Waals surface area contributed by atoms with Gasteiger partial charge in [0.05, 0.1) is 18.1 Å². The van der Waals surface area contributed by atoms with Crippen LogP contribution >= 0.6 is 0 Å². The third-order valence-corrected chi connectivity index (χ3v) is 3.47. The molecule has 1 unspecified atom stereocenters. The fraction of sp³-hybridized carbons (Fsp3) is 0.125. The van der Waals surface area contributed by atoms with Gasteiger partial charge in [-0.1, -0.05) is 18.2 Å². The largest absolute Gasteiger partial charge is 0.322 e. The second kappa shape index (κ2) is 5.77. The molecular weight excluding hydrogens is 280 g/mol. The molecule has 2 heterocycles. The summed E-state index contributed by atoms with van der Waals surface area (Å²) in [7, 11) is 0. The van der Waals surface area contributed by atoms with Gasteiger partial charge in [-0.2, -0.15) is 0 Å². The second-order valence-electron chi connectivity index (χ2n) is 4.91. The molecule has 0 aliphatic carbocycles. The van der Waals surface area contributed by atoms with Crippen LogP contribution in [0.3, 0.4) is 0 Å². The van der Waals surface area contributed by atoms with Crippen molar-refractivity contribution in [1.82, 2.24) is 14.5 Å². The van der Waals surface area contributed by atoms with Crippen LogP contribution in [0.15, 0.2) is 60.0 Å². The molecule has 3 aromatic rings. The van der Waals surface area contributed by atoms with E-state index in [1.807, 2.05) is 18.2 Å². The number of carbonyl (C=O) groups is 1. The normalized spacial score (nSPS) is 12.0. The molecule has 2 aromatic heterocycles. The van der Waals surface area contributed by atoms with Crippen LogP contribution in [-0.2, 0) is 4.79 Å². The molecule has 6 heteroatoms. The molecule has 0 saturated carbocycles. The van der Waals surface area contributed by atoms with Gasteiger partial charge in [0, 0.05) is 11.6 Å². The quantitative estimate of drug-likeness (QED) is 0.801. The molecule has 0 saturated heterocycles. The van der Waals surface area contributed by atoms with Gasteiger partial charge in [-0.05, 0) is 24.4 Å². The summed E-state index contributed by atoms with van der Waals surface area (Å²) in [6, 6.07) is 8.48. The van der Waals surface area contributed by atoms with Crippen molar-refractivity contribution in [3.05, 3.63) is 65.6 Å².